The Morgan fingerprint density at radius 1 is 1.14 bits per heavy atom. The highest BCUT2D eigenvalue weighted by Crippen LogP contribution is 2.27. The zero-order chi connectivity index (χ0) is 20.9. The number of carboxylic acid groups (broad SMARTS) is 1. The van der Waals surface area contributed by atoms with Crippen molar-refractivity contribution < 1.29 is 23.1 Å². The lowest BCUT2D eigenvalue weighted by Gasteiger charge is -2.20. The van der Waals surface area contributed by atoms with Gasteiger partial charge in [0.2, 0.25) is 10.0 Å². The number of nitrogens with one attached hydrogen (secondary N) is 1. The molecule has 2 rings (SSSR count). The van der Waals surface area contributed by atoms with Gasteiger partial charge in [-0.05, 0) is 55.9 Å². The monoisotopic (exact) mass is 406 g/mol. The first-order valence-electron chi connectivity index (χ1n) is 8.79. The number of sulfonamides is 1. The molecular weight excluding hydrogens is 380 g/mol. The van der Waals surface area contributed by atoms with Crippen LogP contribution in [0.2, 0.25) is 0 Å². The second-order valence-electron chi connectivity index (χ2n) is 6.70. The van der Waals surface area contributed by atoms with E-state index < -0.39 is 16.0 Å². The number of carboxylic acids is 1. The Hall–Kier alpha value is -2.26. The minimum absolute atomic E-state index is 0.0876. The van der Waals surface area contributed by atoms with Gasteiger partial charge in [-0.15, -0.1) is 0 Å². The molecule has 28 heavy (non-hydrogen) atoms. The Labute approximate surface area is 166 Å². The number of aromatic carboxylic acids is 1. The van der Waals surface area contributed by atoms with E-state index in [0.717, 1.165) is 17.2 Å². The summed E-state index contributed by atoms with van der Waals surface area (Å²) in [5.74, 6) is -1.19. The van der Waals surface area contributed by atoms with E-state index in [2.05, 4.69) is 16.5 Å². The van der Waals surface area contributed by atoms with Gasteiger partial charge in [0.1, 0.15) is 0 Å². The maximum Gasteiger partial charge on any atom is 0.335 e. The van der Waals surface area contributed by atoms with E-state index in [-0.39, 0.29) is 29.7 Å². The summed E-state index contributed by atoms with van der Waals surface area (Å²) >= 11 is 0. The van der Waals surface area contributed by atoms with Crippen molar-refractivity contribution in [3.63, 3.8) is 0 Å². The number of hydrogen-bond acceptors (Lipinski definition) is 5. The number of nitrogens with zero attached hydrogens (tertiary/aromatic N) is 1. The van der Waals surface area contributed by atoms with Crippen molar-refractivity contribution in [3.8, 4) is 11.1 Å². The van der Waals surface area contributed by atoms with Gasteiger partial charge in [0, 0.05) is 19.7 Å². The number of carbonyl (C=O) groups is 1. The zero-order valence-electron chi connectivity index (χ0n) is 16.5. The highest BCUT2D eigenvalue weighted by atomic mass is 32.2. The van der Waals surface area contributed by atoms with Crippen molar-refractivity contribution in [1.82, 2.24) is 9.62 Å². The van der Waals surface area contributed by atoms with Gasteiger partial charge in [-0.1, -0.05) is 24.3 Å². The van der Waals surface area contributed by atoms with E-state index in [1.165, 1.54) is 19.2 Å². The molecule has 0 radical (unpaired) electrons. The summed E-state index contributed by atoms with van der Waals surface area (Å²) in [7, 11) is 1.60. The fourth-order valence-corrected chi connectivity index (χ4v) is 3.74. The van der Waals surface area contributed by atoms with Crippen LogP contribution in [0.5, 0.6) is 0 Å². The summed E-state index contributed by atoms with van der Waals surface area (Å²) in [5, 5.41) is 9.40. The summed E-state index contributed by atoms with van der Waals surface area (Å²) in [5.41, 5.74) is 2.29. The van der Waals surface area contributed by atoms with E-state index in [9.17, 15) is 18.3 Å². The first-order chi connectivity index (χ1) is 13.2. The van der Waals surface area contributed by atoms with Gasteiger partial charge in [0.15, 0.2) is 0 Å². The first-order valence-corrected chi connectivity index (χ1v) is 10.3. The maximum absolute atomic E-state index is 12.5. The summed E-state index contributed by atoms with van der Waals surface area (Å²) in [6, 6.07) is 12.0. The molecule has 0 unspecified atom stereocenters. The lowest BCUT2D eigenvalue weighted by molar-refractivity contribution is 0.0696. The molecule has 7 nitrogen and oxygen atoms in total. The van der Waals surface area contributed by atoms with Crippen molar-refractivity contribution in [3.05, 3.63) is 53.6 Å². The molecule has 0 aromatic heterocycles. The van der Waals surface area contributed by atoms with E-state index in [0.29, 0.717) is 5.56 Å². The van der Waals surface area contributed by atoms with Crippen LogP contribution in [-0.2, 0) is 14.8 Å². The fourth-order valence-electron chi connectivity index (χ4n) is 2.66. The van der Waals surface area contributed by atoms with Crippen LogP contribution < -0.4 is 4.72 Å². The van der Waals surface area contributed by atoms with Crippen LogP contribution in [0.4, 0.5) is 0 Å². The average molecular weight is 407 g/mol. The van der Waals surface area contributed by atoms with Crippen LogP contribution >= 0.6 is 0 Å². The third-order valence-electron chi connectivity index (χ3n) is 4.56. The van der Waals surface area contributed by atoms with Crippen molar-refractivity contribution in [2.75, 3.05) is 34.4 Å². The zero-order valence-corrected chi connectivity index (χ0v) is 17.3. The summed E-state index contributed by atoms with van der Waals surface area (Å²) in [6.45, 7) is 2.40. The Morgan fingerprint density at radius 3 is 2.32 bits per heavy atom. The molecule has 2 aromatic carbocycles. The van der Waals surface area contributed by atoms with Gasteiger partial charge in [-0.25, -0.2) is 17.9 Å². The van der Waals surface area contributed by atoms with E-state index in [1.807, 2.05) is 38.4 Å². The third-order valence-corrected chi connectivity index (χ3v) is 6.00. The molecule has 0 aliphatic rings. The largest absolute Gasteiger partial charge is 0.478 e. The van der Waals surface area contributed by atoms with Crippen molar-refractivity contribution in [2.45, 2.75) is 17.9 Å². The predicted octanol–water partition coefficient (Wildman–Crippen LogP) is 2.60. The summed E-state index contributed by atoms with van der Waals surface area (Å²) in [6.07, 6.45) is 0. The van der Waals surface area contributed by atoms with Gasteiger partial charge in [-0.2, -0.15) is 0 Å². The van der Waals surface area contributed by atoms with Gasteiger partial charge < -0.3 is 14.7 Å². The molecule has 2 N–H and O–H groups in total. The number of hydrogen-bond donors (Lipinski definition) is 2. The van der Waals surface area contributed by atoms with E-state index in [4.69, 9.17) is 4.74 Å². The summed E-state index contributed by atoms with van der Waals surface area (Å²) in [4.78, 5) is 13.5. The summed E-state index contributed by atoms with van der Waals surface area (Å²) < 4.78 is 32.3. The van der Waals surface area contributed by atoms with Gasteiger partial charge in [0.05, 0.1) is 17.1 Å². The van der Waals surface area contributed by atoms with Crippen molar-refractivity contribution in [2.24, 2.45) is 0 Å². The predicted molar refractivity (Wildman–Crippen MR) is 108 cm³/mol. The fraction of sp³-hybridized carbons (Fsp3) is 0.350. The van der Waals surface area contributed by atoms with Crippen LogP contribution in [0.1, 0.15) is 28.9 Å². The van der Waals surface area contributed by atoms with Crippen LogP contribution in [0.25, 0.3) is 11.1 Å². The van der Waals surface area contributed by atoms with Crippen molar-refractivity contribution in [1.29, 1.82) is 0 Å². The Bertz CT molecular complexity index is 924. The second-order valence-corrected chi connectivity index (χ2v) is 8.47. The minimum atomic E-state index is -3.85. The lowest BCUT2D eigenvalue weighted by atomic mass is 9.99. The molecule has 1 atom stereocenters. The van der Waals surface area contributed by atoms with E-state index >= 15 is 0 Å². The van der Waals surface area contributed by atoms with Gasteiger partial charge in [0.25, 0.3) is 0 Å². The molecule has 0 aliphatic heterocycles. The molecule has 0 heterocycles. The topological polar surface area (TPSA) is 95.9 Å². The van der Waals surface area contributed by atoms with Crippen LogP contribution in [0.15, 0.2) is 47.4 Å². The second kappa shape index (κ2) is 9.29. The number of rotatable bonds is 9. The molecule has 0 saturated heterocycles. The average Bonchev–Trinajstić information content (AvgIpc) is 2.67. The molecule has 152 valence electrons. The smallest absolute Gasteiger partial charge is 0.335 e. The molecule has 0 bridgehead atoms. The first kappa shape index (κ1) is 22.0. The normalized spacial score (nSPS) is 12.9. The highest BCUT2D eigenvalue weighted by Gasteiger charge is 2.18. The Balaban J connectivity index is 2.44. The van der Waals surface area contributed by atoms with Gasteiger partial charge >= 0.3 is 5.97 Å². The van der Waals surface area contributed by atoms with Gasteiger partial charge in [-0.3, -0.25) is 0 Å². The Morgan fingerprint density at radius 2 is 1.79 bits per heavy atom. The van der Waals surface area contributed by atoms with Crippen LogP contribution in [-0.4, -0.2) is 58.8 Å². The van der Waals surface area contributed by atoms with Crippen LogP contribution in [0, 0.1) is 0 Å². The minimum Gasteiger partial charge on any atom is -0.478 e. The van der Waals surface area contributed by atoms with Crippen LogP contribution in [0.3, 0.4) is 0 Å². The maximum atomic E-state index is 12.5. The number of ether oxygens (including phenoxy) is 1. The molecule has 2 aromatic rings. The molecule has 0 spiro atoms. The quantitative estimate of drug-likeness (QED) is 0.622. The number of methoxy groups -OCH3 is 1. The number of benzene rings is 2. The molecule has 8 heteroatoms. The molecule has 0 fully saturated rings. The van der Waals surface area contributed by atoms with E-state index in [1.54, 1.807) is 0 Å². The molecular formula is C20H26N2O5S. The molecule has 0 saturated carbocycles. The standard InChI is InChI=1S/C20H26N2O5S/c1-14(22(2)3)15-5-7-16(8-6-15)17-11-18(20(23)24)13-19(12-17)28(25,26)21-9-10-27-4/h5-8,11-14,21H,9-10H2,1-4H3,(H,23,24)/t14-/m1/s1. The SMILES string of the molecule is COCCNS(=O)(=O)c1cc(C(=O)O)cc(-c2ccc([C@@H](C)N(C)C)cc2)c1. The highest BCUT2D eigenvalue weighted by molar-refractivity contribution is 7.89. The van der Waals surface area contributed by atoms with Crippen molar-refractivity contribution >= 4 is 16.0 Å². The third kappa shape index (κ3) is 5.39. The Kier molecular flexibility index (Phi) is 7.31. The lowest BCUT2D eigenvalue weighted by Crippen LogP contribution is -2.27. The molecule has 0 amide bonds. The molecule has 0 aliphatic carbocycles.